The van der Waals surface area contributed by atoms with Gasteiger partial charge in [0.05, 0.1) is 19.8 Å². The number of hydrogen-bond donors (Lipinski definition) is 2. The predicted molar refractivity (Wildman–Crippen MR) is 89.0 cm³/mol. The van der Waals surface area contributed by atoms with Crippen LogP contribution in [0.5, 0.6) is 0 Å². The molecule has 7 nitrogen and oxygen atoms in total. The van der Waals surface area contributed by atoms with Crippen LogP contribution in [0.3, 0.4) is 0 Å². The second-order valence-corrected chi connectivity index (χ2v) is 5.04. The van der Waals surface area contributed by atoms with Gasteiger partial charge in [0.2, 0.25) is 5.91 Å². The number of nitrogens with one attached hydrogen (secondary N) is 1. The summed E-state index contributed by atoms with van der Waals surface area (Å²) in [7, 11) is 1.44. The van der Waals surface area contributed by atoms with E-state index >= 15 is 0 Å². The lowest BCUT2D eigenvalue weighted by Crippen LogP contribution is -2.52. The van der Waals surface area contributed by atoms with E-state index in [0.717, 1.165) is 5.56 Å². The van der Waals surface area contributed by atoms with Crippen molar-refractivity contribution in [1.29, 1.82) is 0 Å². The second-order valence-electron chi connectivity index (χ2n) is 5.04. The number of carbonyl (C=O) groups is 2. The number of carbonyl (C=O) groups excluding carboxylic acids is 2. The second kappa shape index (κ2) is 11.3. The number of amides is 1. The summed E-state index contributed by atoms with van der Waals surface area (Å²) in [6, 6.07) is 7.41. The summed E-state index contributed by atoms with van der Waals surface area (Å²) in [6.07, 6.45) is 1.55. The maximum Gasteiger partial charge on any atom is 0.331 e. The number of methoxy groups -OCH3 is 1. The lowest BCUT2D eigenvalue weighted by molar-refractivity contribution is -0.151. The van der Waals surface area contributed by atoms with Crippen molar-refractivity contribution in [3.8, 4) is 0 Å². The molecular weight excluding hydrogens is 312 g/mol. The molecule has 7 heteroatoms. The highest BCUT2D eigenvalue weighted by Crippen LogP contribution is 2.03. The maximum atomic E-state index is 12.2. The molecule has 24 heavy (non-hydrogen) atoms. The first-order chi connectivity index (χ1) is 11.6. The van der Waals surface area contributed by atoms with Gasteiger partial charge in [0, 0.05) is 7.11 Å². The zero-order chi connectivity index (χ0) is 17.8. The minimum Gasteiger partial charge on any atom is -0.459 e. The van der Waals surface area contributed by atoms with Gasteiger partial charge in [0.1, 0.15) is 12.6 Å². The predicted octanol–water partition coefficient (Wildman–Crippen LogP) is 0.391. The summed E-state index contributed by atoms with van der Waals surface area (Å²) in [4.78, 5) is 24.2. The third-order valence-corrected chi connectivity index (χ3v) is 3.03. The Hall–Kier alpha value is -2.22. The van der Waals surface area contributed by atoms with Crippen LogP contribution >= 0.6 is 0 Å². The standard InChI is InChI=1S/C17H24N2O5/c1-3-9-23-12-15(19-16(20)14(18)11-22-2)17(21)24-10-13-7-5-4-6-8-13/h3-8,14-15H,1,9-12,18H2,2H3,(H,19,20)/t14-,15-/m0/s1. The minimum absolute atomic E-state index is 0.0366. The van der Waals surface area contributed by atoms with E-state index in [0.29, 0.717) is 0 Å². The summed E-state index contributed by atoms with van der Waals surface area (Å²) < 4.78 is 15.3. The van der Waals surface area contributed by atoms with Crippen LogP contribution in [0, 0.1) is 0 Å². The normalized spacial score (nSPS) is 12.9. The van der Waals surface area contributed by atoms with Gasteiger partial charge in [-0.1, -0.05) is 36.4 Å². The largest absolute Gasteiger partial charge is 0.459 e. The Morgan fingerprint density at radius 3 is 2.62 bits per heavy atom. The fourth-order valence-electron chi connectivity index (χ4n) is 1.80. The van der Waals surface area contributed by atoms with Crippen molar-refractivity contribution in [1.82, 2.24) is 5.32 Å². The summed E-state index contributed by atoms with van der Waals surface area (Å²) in [5.41, 5.74) is 6.50. The van der Waals surface area contributed by atoms with Crippen molar-refractivity contribution in [2.45, 2.75) is 18.7 Å². The van der Waals surface area contributed by atoms with Crippen LogP contribution in [0.4, 0.5) is 0 Å². The van der Waals surface area contributed by atoms with Crippen molar-refractivity contribution in [2.24, 2.45) is 5.73 Å². The van der Waals surface area contributed by atoms with E-state index in [1.807, 2.05) is 30.3 Å². The highest BCUT2D eigenvalue weighted by Gasteiger charge is 2.25. The smallest absolute Gasteiger partial charge is 0.331 e. The Labute approximate surface area is 141 Å². The highest BCUT2D eigenvalue weighted by atomic mass is 16.5. The Bertz CT molecular complexity index is 521. The fourth-order valence-corrected chi connectivity index (χ4v) is 1.80. The summed E-state index contributed by atoms with van der Waals surface area (Å²) in [6.45, 7) is 3.90. The molecule has 1 rings (SSSR count). The molecule has 1 aromatic carbocycles. The maximum absolute atomic E-state index is 12.2. The lowest BCUT2D eigenvalue weighted by atomic mass is 10.2. The Morgan fingerprint density at radius 2 is 2.00 bits per heavy atom. The third kappa shape index (κ3) is 7.36. The molecule has 0 aliphatic carbocycles. The van der Waals surface area contributed by atoms with Crippen LogP contribution in [0.1, 0.15) is 5.56 Å². The van der Waals surface area contributed by atoms with Crippen molar-refractivity contribution in [2.75, 3.05) is 26.9 Å². The van der Waals surface area contributed by atoms with Gasteiger partial charge in [-0.15, -0.1) is 6.58 Å². The molecule has 0 heterocycles. The molecule has 0 saturated carbocycles. The van der Waals surface area contributed by atoms with Crippen molar-refractivity contribution < 1.29 is 23.8 Å². The minimum atomic E-state index is -0.955. The van der Waals surface area contributed by atoms with Crippen LogP contribution in [0.15, 0.2) is 43.0 Å². The molecule has 132 valence electrons. The van der Waals surface area contributed by atoms with Gasteiger partial charge < -0.3 is 25.3 Å². The van der Waals surface area contributed by atoms with Gasteiger partial charge in [-0.05, 0) is 5.56 Å². The topological polar surface area (TPSA) is 99.9 Å². The van der Waals surface area contributed by atoms with E-state index in [4.69, 9.17) is 19.9 Å². The molecule has 1 aromatic rings. The number of rotatable bonds is 11. The first-order valence-electron chi connectivity index (χ1n) is 7.52. The molecule has 0 aromatic heterocycles. The molecule has 0 saturated heterocycles. The fraction of sp³-hybridized carbons (Fsp3) is 0.412. The Morgan fingerprint density at radius 1 is 1.29 bits per heavy atom. The summed E-state index contributed by atoms with van der Waals surface area (Å²) in [5, 5.41) is 2.52. The van der Waals surface area contributed by atoms with Gasteiger partial charge in [0.15, 0.2) is 6.04 Å². The van der Waals surface area contributed by atoms with Crippen LogP contribution in [0.2, 0.25) is 0 Å². The number of benzene rings is 1. The highest BCUT2D eigenvalue weighted by molar-refractivity contribution is 5.87. The number of esters is 1. The molecule has 2 atom stereocenters. The van der Waals surface area contributed by atoms with Crippen molar-refractivity contribution >= 4 is 11.9 Å². The lowest BCUT2D eigenvalue weighted by Gasteiger charge is -2.19. The summed E-state index contributed by atoms with van der Waals surface area (Å²) >= 11 is 0. The molecule has 0 spiro atoms. The molecule has 0 unspecified atom stereocenters. The van der Waals surface area contributed by atoms with Gasteiger partial charge in [0.25, 0.3) is 0 Å². The van der Waals surface area contributed by atoms with E-state index in [1.54, 1.807) is 6.08 Å². The molecule has 0 fully saturated rings. The van der Waals surface area contributed by atoms with Crippen LogP contribution < -0.4 is 11.1 Å². The molecule has 0 aliphatic heterocycles. The van der Waals surface area contributed by atoms with E-state index in [1.165, 1.54) is 7.11 Å². The first kappa shape index (κ1) is 19.8. The van der Waals surface area contributed by atoms with Crippen molar-refractivity contribution in [3.05, 3.63) is 48.6 Å². The molecule has 3 N–H and O–H groups in total. The third-order valence-electron chi connectivity index (χ3n) is 3.03. The van der Waals surface area contributed by atoms with Crippen LogP contribution in [-0.4, -0.2) is 50.9 Å². The van der Waals surface area contributed by atoms with Gasteiger partial charge >= 0.3 is 5.97 Å². The molecule has 0 aliphatic rings. The zero-order valence-corrected chi connectivity index (χ0v) is 13.8. The van der Waals surface area contributed by atoms with Gasteiger partial charge in [-0.25, -0.2) is 4.79 Å². The quantitative estimate of drug-likeness (QED) is 0.344. The zero-order valence-electron chi connectivity index (χ0n) is 13.8. The summed E-state index contributed by atoms with van der Waals surface area (Å²) in [5.74, 6) is -1.11. The van der Waals surface area contributed by atoms with Crippen LogP contribution in [-0.2, 0) is 30.4 Å². The van der Waals surface area contributed by atoms with Crippen LogP contribution in [0.25, 0.3) is 0 Å². The molecule has 1 amide bonds. The van der Waals surface area contributed by atoms with Crippen molar-refractivity contribution in [3.63, 3.8) is 0 Å². The molecular formula is C17H24N2O5. The first-order valence-corrected chi connectivity index (χ1v) is 7.52. The molecule has 0 radical (unpaired) electrons. The Kier molecular flexibility index (Phi) is 9.36. The van der Waals surface area contributed by atoms with E-state index < -0.39 is 24.0 Å². The average molecular weight is 336 g/mol. The number of nitrogens with two attached hydrogens (primary N) is 1. The van der Waals surface area contributed by atoms with E-state index in [9.17, 15) is 9.59 Å². The van der Waals surface area contributed by atoms with E-state index in [-0.39, 0.29) is 26.4 Å². The average Bonchev–Trinajstić information content (AvgIpc) is 2.60. The monoisotopic (exact) mass is 336 g/mol. The molecule has 0 bridgehead atoms. The Balaban J connectivity index is 2.60. The van der Waals surface area contributed by atoms with Gasteiger partial charge in [-0.2, -0.15) is 0 Å². The number of hydrogen-bond acceptors (Lipinski definition) is 6. The van der Waals surface area contributed by atoms with E-state index in [2.05, 4.69) is 11.9 Å². The SMILES string of the molecule is C=CCOC[C@H](NC(=O)[C@@H](N)COC)C(=O)OCc1ccccc1. The number of ether oxygens (including phenoxy) is 3. The van der Waals surface area contributed by atoms with Gasteiger partial charge in [-0.3, -0.25) is 4.79 Å².